The Morgan fingerprint density at radius 3 is 2.36 bits per heavy atom. The first kappa shape index (κ1) is 11.1. The fourth-order valence-corrected chi connectivity index (χ4v) is 0.643. The molecular formula is C5H15N2O3P. The topological polar surface area (TPSA) is 87.6 Å². The molecule has 0 aromatic heterocycles. The van der Waals surface area contributed by atoms with Crippen molar-refractivity contribution in [1.82, 2.24) is 0 Å². The van der Waals surface area contributed by atoms with Crippen LogP contribution in [-0.2, 0) is 13.8 Å². The highest BCUT2D eigenvalue weighted by atomic mass is 31.2. The van der Waals surface area contributed by atoms with Gasteiger partial charge < -0.3 is 4.74 Å². The first-order chi connectivity index (χ1) is 4.92. The Bertz CT molecular complexity index is 145. The van der Waals surface area contributed by atoms with Gasteiger partial charge in [0.05, 0.1) is 6.61 Å². The van der Waals surface area contributed by atoms with Crippen molar-refractivity contribution in [2.45, 2.75) is 13.8 Å². The van der Waals surface area contributed by atoms with Gasteiger partial charge in [0.2, 0.25) is 0 Å². The van der Waals surface area contributed by atoms with Crippen LogP contribution in [-0.4, -0.2) is 13.4 Å². The van der Waals surface area contributed by atoms with Crippen LogP contribution < -0.4 is 11.0 Å². The zero-order chi connectivity index (χ0) is 8.91. The normalized spacial score (nSPS) is 12.5. The molecule has 0 atom stereocenters. The van der Waals surface area contributed by atoms with Crippen LogP contribution in [0.3, 0.4) is 0 Å². The molecule has 0 aliphatic rings. The van der Waals surface area contributed by atoms with E-state index in [0.717, 1.165) is 0 Å². The maximum atomic E-state index is 10.5. The van der Waals surface area contributed by atoms with Crippen LogP contribution in [0.25, 0.3) is 0 Å². The summed E-state index contributed by atoms with van der Waals surface area (Å²) in [7, 11) is -3.35. The average molecular weight is 182 g/mol. The molecule has 0 aromatic carbocycles. The fourth-order valence-electron chi connectivity index (χ4n) is 0.403. The highest BCUT2D eigenvalue weighted by molar-refractivity contribution is 7.53. The minimum Gasteiger partial charge on any atom is -0.355 e. The van der Waals surface area contributed by atoms with E-state index in [1.165, 1.54) is 0 Å². The second-order valence-electron chi connectivity index (χ2n) is 2.66. The van der Waals surface area contributed by atoms with Gasteiger partial charge in [-0.15, -0.1) is 0 Å². The van der Waals surface area contributed by atoms with Gasteiger partial charge in [-0.05, 0) is 5.92 Å². The summed E-state index contributed by atoms with van der Waals surface area (Å²) in [6.07, 6.45) is 0. The Morgan fingerprint density at radius 1 is 1.45 bits per heavy atom. The Balaban J connectivity index is 3.22. The number of rotatable bonds is 5. The highest BCUT2D eigenvalue weighted by Gasteiger charge is 2.07. The summed E-state index contributed by atoms with van der Waals surface area (Å²) < 4.78 is 19.9. The Hall–Kier alpha value is 0.0700. The van der Waals surface area contributed by atoms with E-state index in [1.54, 1.807) is 0 Å². The average Bonchev–Trinajstić information content (AvgIpc) is 1.78. The SMILES string of the molecule is CC(C)COCOP(N)(N)=O. The smallest absolute Gasteiger partial charge is 0.337 e. The van der Waals surface area contributed by atoms with Gasteiger partial charge in [-0.25, -0.2) is 11.0 Å². The lowest BCUT2D eigenvalue weighted by atomic mass is 10.2. The molecule has 0 aromatic rings. The predicted octanol–water partition coefficient (Wildman–Crippen LogP) is 0.659. The van der Waals surface area contributed by atoms with Crippen molar-refractivity contribution in [3.05, 3.63) is 0 Å². The van der Waals surface area contributed by atoms with E-state index < -0.39 is 7.67 Å². The van der Waals surface area contributed by atoms with Crippen molar-refractivity contribution in [1.29, 1.82) is 0 Å². The molecule has 0 saturated carbocycles. The van der Waals surface area contributed by atoms with Crippen LogP contribution in [0, 0.1) is 5.92 Å². The van der Waals surface area contributed by atoms with Crippen LogP contribution in [0.15, 0.2) is 0 Å². The molecule has 68 valence electrons. The van der Waals surface area contributed by atoms with E-state index in [4.69, 9.17) is 15.7 Å². The van der Waals surface area contributed by atoms with Gasteiger partial charge in [0, 0.05) is 0 Å². The molecule has 0 rings (SSSR count). The highest BCUT2D eigenvalue weighted by Crippen LogP contribution is 2.25. The lowest BCUT2D eigenvalue weighted by Crippen LogP contribution is -2.12. The minimum atomic E-state index is -3.35. The van der Waals surface area contributed by atoms with Crippen molar-refractivity contribution in [2.24, 2.45) is 16.9 Å². The molecule has 0 fully saturated rings. The molecule has 0 spiro atoms. The van der Waals surface area contributed by atoms with Gasteiger partial charge in [-0.1, -0.05) is 13.8 Å². The summed E-state index contributed by atoms with van der Waals surface area (Å²) >= 11 is 0. The summed E-state index contributed by atoms with van der Waals surface area (Å²) in [5.41, 5.74) is 9.77. The van der Waals surface area contributed by atoms with Gasteiger partial charge in [-0.2, -0.15) is 0 Å². The van der Waals surface area contributed by atoms with Crippen molar-refractivity contribution in [3.8, 4) is 0 Å². The van der Waals surface area contributed by atoms with E-state index in [9.17, 15) is 4.57 Å². The largest absolute Gasteiger partial charge is 0.355 e. The second kappa shape index (κ2) is 4.85. The molecular weight excluding hydrogens is 167 g/mol. The van der Waals surface area contributed by atoms with E-state index >= 15 is 0 Å². The number of hydrogen-bond donors (Lipinski definition) is 2. The molecule has 0 unspecified atom stereocenters. The van der Waals surface area contributed by atoms with Crippen LogP contribution in [0.5, 0.6) is 0 Å². The molecule has 0 bridgehead atoms. The molecule has 0 saturated heterocycles. The lowest BCUT2D eigenvalue weighted by Gasteiger charge is -2.09. The third kappa shape index (κ3) is 10.1. The molecule has 6 heteroatoms. The van der Waals surface area contributed by atoms with E-state index in [2.05, 4.69) is 4.52 Å². The van der Waals surface area contributed by atoms with E-state index in [0.29, 0.717) is 12.5 Å². The summed E-state index contributed by atoms with van der Waals surface area (Å²) in [4.78, 5) is 0. The summed E-state index contributed by atoms with van der Waals surface area (Å²) in [6, 6.07) is 0. The minimum absolute atomic E-state index is 0.109. The molecule has 0 amide bonds. The van der Waals surface area contributed by atoms with Gasteiger partial charge in [0.1, 0.15) is 0 Å². The summed E-state index contributed by atoms with van der Waals surface area (Å²) in [6.45, 7) is 4.41. The van der Waals surface area contributed by atoms with Crippen molar-refractivity contribution >= 4 is 7.67 Å². The van der Waals surface area contributed by atoms with Gasteiger partial charge >= 0.3 is 7.67 Å². The van der Waals surface area contributed by atoms with Crippen molar-refractivity contribution in [2.75, 3.05) is 13.4 Å². The number of nitrogens with two attached hydrogens (primary N) is 2. The third-order valence-corrected chi connectivity index (χ3v) is 1.30. The lowest BCUT2D eigenvalue weighted by molar-refractivity contribution is 0.00422. The van der Waals surface area contributed by atoms with Gasteiger partial charge in [0.25, 0.3) is 0 Å². The molecule has 11 heavy (non-hydrogen) atoms. The molecule has 0 aliphatic carbocycles. The maximum absolute atomic E-state index is 10.5. The van der Waals surface area contributed by atoms with Gasteiger partial charge in [0.15, 0.2) is 6.79 Å². The van der Waals surface area contributed by atoms with Crippen molar-refractivity contribution in [3.63, 3.8) is 0 Å². The molecule has 0 aliphatic heterocycles. The number of ether oxygens (including phenoxy) is 1. The molecule has 0 radical (unpaired) electrons. The Kier molecular flexibility index (Phi) is 4.88. The fraction of sp³-hybridized carbons (Fsp3) is 1.00. The Labute approximate surface area is 66.6 Å². The zero-order valence-corrected chi connectivity index (χ0v) is 7.71. The van der Waals surface area contributed by atoms with Crippen LogP contribution >= 0.6 is 7.67 Å². The monoisotopic (exact) mass is 182 g/mol. The van der Waals surface area contributed by atoms with E-state index in [1.807, 2.05) is 13.8 Å². The maximum Gasteiger partial charge on any atom is 0.337 e. The molecule has 5 nitrogen and oxygen atoms in total. The second-order valence-corrected chi connectivity index (χ2v) is 4.21. The van der Waals surface area contributed by atoms with Crippen LogP contribution in [0.4, 0.5) is 0 Å². The molecule has 4 N–H and O–H groups in total. The standard InChI is InChI=1S/C5H15N2O3P/c1-5(2)3-9-4-10-11(6,7)8/h5H,3-4H2,1-2H3,(H4,6,7,8). The summed E-state index contributed by atoms with van der Waals surface area (Å²) in [5.74, 6) is 0.411. The summed E-state index contributed by atoms with van der Waals surface area (Å²) in [5, 5.41) is 0. The Morgan fingerprint density at radius 2 is 2.00 bits per heavy atom. The van der Waals surface area contributed by atoms with Crippen LogP contribution in [0.1, 0.15) is 13.8 Å². The van der Waals surface area contributed by atoms with Gasteiger partial charge in [-0.3, -0.25) is 9.09 Å². The first-order valence-corrected chi connectivity index (χ1v) is 5.07. The molecule has 0 heterocycles. The number of hydrogen-bond acceptors (Lipinski definition) is 3. The van der Waals surface area contributed by atoms with Crippen molar-refractivity contribution < 1.29 is 13.8 Å². The predicted molar refractivity (Wildman–Crippen MR) is 42.7 cm³/mol. The third-order valence-electron chi connectivity index (χ3n) is 0.789. The first-order valence-electron chi connectivity index (χ1n) is 3.31. The zero-order valence-electron chi connectivity index (χ0n) is 6.82. The van der Waals surface area contributed by atoms with E-state index in [-0.39, 0.29) is 6.79 Å². The van der Waals surface area contributed by atoms with Crippen LogP contribution in [0.2, 0.25) is 0 Å². The quantitative estimate of drug-likeness (QED) is 0.370.